The number of benzene rings is 1. The van der Waals surface area contributed by atoms with E-state index in [0.717, 1.165) is 16.9 Å². The number of amides is 1. The third kappa shape index (κ3) is 4.04. The summed E-state index contributed by atoms with van der Waals surface area (Å²) in [6.45, 7) is 4.50. The summed E-state index contributed by atoms with van der Waals surface area (Å²) in [4.78, 5) is 11.1. The lowest BCUT2D eigenvalue weighted by atomic mass is 10.1. The fraction of sp³-hybridized carbons (Fsp3) is 0.500. The van der Waals surface area contributed by atoms with Crippen molar-refractivity contribution in [2.45, 2.75) is 26.3 Å². The number of carbonyl (C=O) groups excluding carboxylic acids is 1. The second kappa shape index (κ2) is 7.01. The molecule has 0 aliphatic rings. The summed E-state index contributed by atoms with van der Waals surface area (Å²) >= 11 is 0. The highest BCUT2D eigenvalue weighted by molar-refractivity contribution is 5.75. The molecule has 0 spiro atoms. The highest BCUT2D eigenvalue weighted by Gasteiger charge is 2.10. The van der Waals surface area contributed by atoms with E-state index in [-0.39, 0.29) is 11.9 Å². The van der Waals surface area contributed by atoms with Gasteiger partial charge in [-0.05, 0) is 32.5 Å². The topological polar surface area (TPSA) is 50.4 Å². The van der Waals surface area contributed by atoms with Crippen LogP contribution in [0.1, 0.15) is 30.5 Å². The van der Waals surface area contributed by atoms with Crippen molar-refractivity contribution < 1.29 is 9.53 Å². The van der Waals surface area contributed by atoms with Crippen LogP contribution >= 0.6 is 0 Å². The first-order valence-electron chi connectivity index (χ1n) is 6.19. The second-order valence-electron chi connectivity index (χ2n) is 4.32. The van der Waals surface area contributed by atoms with Crippen LogP contribution in [0.3, 0.4) is 0 Å². The molecule has 4 heteroatoms. The molecule has 0 saturated heterocycles. The third-order valence-electron chi connectivity index (χ3n) is 2.93. The molecule has 100 valence electrons. The van der Waals surface area contributed by atoms with Crippen molar-refractivity contribution >= 4 is 5.91 Å². The van der Waals surface area contributed by atoms with Crippen molar-refractivity contribution in [3.05, 3.63) is 29.3 Å². The van der Waals surface area contributed by atoms with Crippen molar-refractivity contribution in [2.75, 3.05) is 20.7 Å². The van der Waals surface area contributed by atoms with Gasteiger partial charge in [-0.25, -0.2) is 0 Å². The molecule has 1 unspecified atom stereocenters. The number of nitrogens with one attached hydrogen (secondary N) is 2. The molecular weight excluding hydrogens is 228 g/mol. The molecule has 4 nitrogen and oxygen atoms in total. The molecule has 0 saturated carbocycles. The molecule has 2 N–H and O–H groups in total. The van der Waals surface area contributed by atoms with Gasteiger partial charge >= 0.3 is 0 Å². The molecule has 0 aliphatic heterocycles. The van der Waals surface area contributed by atoms with Gasteiger partial charge in [0.25, 0.3) is 0 Å². The lowest BCUT2D eigenvalue weighted by molar-refractivity contribution is -0.121. The van der Waals surface area contributed by atoms with E-state index in [4.69, 9.17) is 4.74 Å². The molecule has 0 bridgehead atoms. The van der Waals surface area contributed by atoms with Crippen molar-refractivity contribution in [3.63, 3.8) is 0 Å². The molecule has 1 atom stereocenters. The van der Waals surface area contributed by atoms with Gasteiger partial charge in [0.2, 0.25) is 5.91 Å². The van der Waals surface area contributed by atoms with Crippen LogP contribution in [-0.2, 0) is 4.79 Å². The van der Waals surface area contributed by atoms with Gasteiger partial charge in [-0.3, -0.25) is 4.79 Å². The molecule has 1 aromatic carbocycles. The highest BCUT2D eigenvalue weighted by atomic mass is 16.5. The van der Waals surface area contributed by atoms with E-state index in [1.807, 2.05) is 20.0 Å². The average Bonchev–Trinajstić information content (AvgIpc) is 2.37. The summed E-state index contributed by atoms with van der Waals surface area (Å²) in [6.07, 6.45) is 0.373. The largest absolute Gasteiger partial charge is 0.493 e. The zero-order valence-corrected chi connectivity index (χ0v) is 11.5. The molecule has 0 radical (unpaired) electrons. The summed E-state index contributed by atoms with van der Waals surface area (Å²) < 4.78 is 5.71. The minimum Gasteiger partial charge on any atom is -0.493 e. The summed E-state index contributed by atoms with van der Waals surface area (Å²) in [5, 5.41) is 5.77. The molecule has 0 fully saturated rings. The Labute approximate surface area is 109 Å². The second-order valence-corrected chi connectivity index (χ2v) is 4.32. The van der Waals surface area contributed by atoms with E-state index in [0.29, 0.717) is 13.0 Å². The predicted octanol–water partition coefficient (Wildman–Crippen LogP) is 1.79. The Kier molecular flexibility index (Phi) is 5.65. The van der Waals surface area contributed by atoms with Crippen LogP contribution in [0, 0.1) is 6.92 Å². The first kappa shape index (κ1) is 14.5. The van der Waals surface area contributed by atoms with E-state index >= 15 is 0 Å². The maximum atomic E-state index is 11.1. The van der Waals surface area contributed by atoms with Gasteiger partial charge < -0.3 is 15.4 Å². The fourth-order valence-corrected chi connectivity index (χ4v) is 1.66. The number of hydrogen-bond donors (Lipinski definition) is 2. The first-order chi connectivity index (χ1) is 8.58. The zero-order chi connectivity index (χ0) is 13.5. The van der Waals surface area contributed by atoms with E-state index in [1.165, 1.54) is 0 Å². The quantitative estimate of drug-likeness (QED) is 0.809. The standard InChI is InChI=1S/C14H22N2O2/c1-10-5-6-12(11(2)15-3)13(9-10)18-8-7-14(17)16-4/h5-6,9,11,15H,7-8H2,1-4H3,(H,16,17). The Balaban J connectivity index is 2.73. The molecule has 1 rings (SSSR count). The molecule has 0 aromatic heterocycles. The van der Waals surface area contributed by atoms with Crippen LogP contribution in [0.4, 0.5) is 0 Å². The SMILES string of the molecule is CNC(=O)CCOc1cc(C)ccc1C(C)NC. The van der Waals surface area contributed by atoms with Gasteiger partial charge in [0.15, 0.2) is 0 Å². The maximum absolute atomic E-state index is 11.1. The van der Waals surface area contributed by atoms with Gasteiger partial charge in [-0.1, -0.05) is 12.1 Å². The van der Waals surface area contributed by atoms with E-state index < -0.39 is 0 Å². The number of rotatable bonds is 6. The number of ether oxygens (including phenoxy) is 1. The fourth-order valence-electron chi connectivity index (χ4n) is 1.66. The minimum absolute atomic E-state index is 0.00846. The Bertz CT molecular complexity index is 405. The first-order valence-corrected chi connectivity index (χ1v) is 6.19. The van der Waals surface area contributed by atoms with Crippen LogP contribution in [0.2, 0.25) is 0 Å². The number of aryl methyl sites for hydroxylation is 1. The average molecular weight is 250 g/mol. The van der Waals surface area contributed by atoms with Crippen LogP contribution in [-0.4, -0.2) is 26.6 Å². The monoisotopic (exact) mass is 250 g/mol. The highest BCUT2D eigenvalue weighted by Crippen LogP contribution is 2.26. The molecular formula is C14H22N2O2. The van der Waals surface area contributed by atoms with Gasteiger partial charge in [0.05, 0.1) is 13.0 Å². The molecule has 1 aromatic rings. The van der Waals surface area contributed by atoms with E-state index in [2.05, 4.69) is 29.7 Å². The maximum Gasteiger partial charge on any atom is 0.223 e. The smallest absolute Gasteiger partial charge is 0.223 e. The van der Waals surface area contributed by atoms with Gasteiger partial charge in [0, 0.05) is 18.7 Å². The zero-order valence-electron chi connectivity index (χ0n) is 11.5. The molecule has 0 heterocycles. The summed E-state index contributed by atoms with van der Waals surface area (Å²) in [5.74, 6) is 0.839. The minimum atomic E-state index is -0.00846. The Morgan fingerprint density at radius 3 is 2.72 bits per heavy atom. The van der Waals surface area contributed by atoms with Crippen LogP contribution < -0.4 is 15.4 Å². The van der Waals surface area contributed by atoms with Crippen LogP contribution in [0.15, 0.2) is 18.2 Å². The molecule has 18 heavy (non-hydrogen) atoms. The Hall–Kier alpha value is -1.55. The van der Waals surface area contributed by atoms with E-state index in [1.54, 1.807) is 7.05 Å². The normalized spacial score (nSPS) is 12.0. The molecule has 0 aliphatic carbocycles. The lowest BCUT2D eigenvalue weighted by Gasteiger charge is -2.17. The van der Waals surface area contributed by atoms with Crippen molar-refractivity contribution in [1.82, 2.24) is 10.6 Å². The predicted molar refractivity (Wildman–Crippen MR) is 72.8 cm³/mol. The number of hydrogen-bond acceptors (Lipinski definition) is 3. The van der Waals surface area contributed by atoms with Crippen LogP contribution in [0.5, 0.6) is 5.75 Å². The third-order valence-corrected chi connectivity index (χ3v) is 2.93. The van der Waals surface area contributed by atoms with Gasteiger partial charge in [-0.15, -0.1) is 0 Å². The molecule has 1 amide bonds. The number of carbonyl (C=O) groups is 1. The van der Waals surface area contributed by atoms with Crippen molar-refractivity contribution in [1.29, 1.82) is 0 Å². The summed E-state index contributed by atoms with van der Waals surface area (Å²) in [7, 11) is 3.54. The van der Waals surface area contributed by atoms with E-state index in [9.17, 15) is 4.79 Å². The summed E-state index contributed by atoms with van der Waals surface area (Å²) in [6, 6.07) is 6.36. The van der Waals surface area contributed by atoms with Crippen molar-refractivity contribution in [2.24, 2.45) is 0 Å². The lowest BCUT2D eigenvalue weighted by Crippen LogP contribution is -2.20. The summed E-state index contributed by atoms with van der Waals surface area (Å²) in [5.41, 5.74) is 2.26. The Morgan fingerprint density at radius 2 is 2.11 bits per heavy atom. The van der Waals surface area contributed by atoms with Gasteiger partial charge in [-0.2, -0.15) is 0 Å². The van der Waals surface area contributed by atoms with Crippen molar-refractivity contribution in [3.8, 4) is 5.75 Å². The van der Waals surface area contributed by atoms with Crippen LogP contribution in [0.25, 0.3) is 0 Å². The Morgan fingerprint density at radius 1 is 1.39 bits per heavy atom. The van der Waals surface area contributed by atoms with Gasteiger partial charge in [0.1, 0.15) is 5.75 Å².